The molecule has 98 valence electrons. The SMILES string of the molecule is O=C(Cc1cccc(Cl)c1)Nc1cc(C2CC2)[nH]n1. The molecule has 2 N–H and O–H groups in total. The van der Waals surface area contributed by atoms with Gasteiger partial charge >= 0.3 is 0 Å². The molecule has 0 spiro atoms. The molecule has 1 fully saturated rings. The van der Waals surface area contributed by atoms with Crippen molar-refractivity contribution in [3.63, 3.8) is 0 Å². The zero-order valence-electron chi connectivity index (χ0n) is 10.3. The van der Waals surface area contributed by atoms with E-state index in [0.29, 0.717) is 23.2 Å². The highest BCUT2D eigenvalue weighted by Gasteiger charge is 2.25. The molecule has 3 rings (SSSR count). The Hall–Kier alpha value is -1.81. The van der Waals surface area contributed by atoms with E-state index in [0.717, 1.165) is 11.3 Å². The van der Waals surface area contributed by atoms with Gasteiger partial charge in [0.05, 0.1) is 6.42 Å². The maximum absolute atomic E-state index is 11.9. The van der Waals surface area contributed by atoms with Crippen LogP contribution in [0.4, 0.5) is 5.82 Å². The molecule has 2 aromatic rings. The first kappa shape index (κ1) is 12.2. The Kier molecular flexibility index (Phi) is 3.25. The number of hydrogen-bond donors (Lipinski definition) is 2. The van der Waals surface area contributed by atoms with Gasteiger partial charge in [-0.3, -0.25) is 9.89 Å². The van der Waals surface area contributed by atoms with Crippen LogP contribution >= 0.6 is 11.6 Å². The van der Waals surface area contributed by atoms with Crippen molar-refractivity contribution in [2.75, 3.05) is 5.32 Å². The zero-order valence-corrected chi connectivity index (χ0v) is 11.1. The highest BCUT2D eigenvalue weighted by molar-refractivity contribution is 6.30. The molecule has 1 saturated carbocycles. The second-order valence-corrected chi connectivity index (χ2v) is 5.27. The summed E-state index contributed by atoms with van der Waals surface area (Å²) in [6, 6.07) is 9.21. The molecular formula is C14H14ClN3O. The lowest BCUT2D eigenvalue weighted by molar-refractivity contribution is -0.115. The fourth-order valence-electron chi connectivity index (χ4n) is 2.02. The quantitative estimate of drug-likeness (QED) is 0.901. The largest absolute Gasteiger partial charge is 0.309 e. The van der Waals surface area contributed by atoms with Crippen molar-refractivity contribution in [2.24, 2.45) is 0 Å². The third-order valence-electron chi connectivity index (χ3n) is 3.14. The van der Waals surface area contributed by atoms with Crippen molar-refractivity contribution >= 4 is 23.3 Å². The third-order valence-corrected chi connectivity index (χ3v) is 3.37. The Morgan fingerprint density at radius 2 is 2.26 bits per heavy atom. The predicted octanol–water partition coefficient (Wildman–Crippen LogP) is 3.12. The molecule has 0 atom stereocenters. The van der Waals surface area contributed by atoms with Crippen molar-refractivity contribution in [2.45, 2.75) is 25.2 Å². The van der Waals surface area contributed by atoms with Crippen molar-refractivity contribution in [1.82, 2.24) is 10.2 Å². The number of nitrogens with zero attached hydrogens (tertiary/aromatic N) is 1. The van der Waals surface area contributed by atoms with E-state index in [9.17, 15) is 4.79 Å². The highest BCUT2D eigenvalue weighted by atomic mass is 35.5. The molecule has 1 heterocycles. The predicted molar refractivity (Wildman–Crippen MR) is 74.3 cm³/mol. The van der Waals surface area contributed by atoms with Gasteiger partial charge in [0.2, 0.25) is 5.91 Å². The maximum Gasteiger partial charge on any atom is 0.229 e. The first-order valence-electron chi connectivity index (χ1n) is 6.30. The van der Waals surface area contributed by atoms with E-state index in [2.05, 4.69) is 15.5 Å². The number of carbonyl (C=O) groups is 1. The fourth-order valence-corrected chi connectivity index (χ4v) is 2.24. The summed E-state index contributed by atoms with van der Waals surface area (Å²) >= 11 is 5.88. The molecule has 0 bridgehead atoms. The summed E-state index contributed by atoms with van der Waals surface area (Å²) in [7, 11) is 0. The number of hydrogen-bond acceptors (Lipinski definition) is 2. The number of anilines is 1. The molecule has 5 heteroatoms. The van der Waals surface area contributed by atoms with Gasteiger partial charge in [-0.05, 0) is 30.5 Å². The number of aromatic nitrogens is 2. The van der Waals surface area contributed by atoms with Crippen LogP contribution in [-0.2, 0) is 11.2 Å². The average Bonchev–Trinajstić information content (AvgIpc) is 3.11. The van der Waals surface area contributed by atoms with Crippen LogP contribution in [0.1, 0.15) is 30.0 Å². The average molecular weight is 276 g/mol. The number of H-pyrrole nitrogens is 1. The van der Waals surface area contributed by atoms with Gasteiger partial charge in [-0.1, -0.05) is 23.7 Å². The van der Waals surface area contributed by atoms with Crippen molar-refractivity contribution in [3.8, 4) is 0 Å². The van der Waals surface area contributed by atoms with Gasteiger partial charge in [-0.2, -0.15) is 5.10 Å². The summed E-state index contributed by atoms with van der Waals surface area (Å²) in [5.74, 6) is 1.11. The van der Waals surface area contributed by atoms with Gasteiger partial charge in [0.25, 0.3) is 0 Å². The second kappa shape index (κ2) is 5.05. The number of benzene rings is 1. The summed E-state index contributed by atoms with van der Waals surface area (Å²) in [4.78, 5) is 11.9. The van der Waals surface area contributed by atoms with E-state index in [1.165, 1.54) is 12.8 Å². The Morgan fingerprint density at radius 3 is 3.00 bits per heavy atom. The van der Waals surface area contributed by atoms with Gasteiger partial charge in [0.1, 0.15) is 0 Å². The molecule has 0 radical (unpaired) electrons. The standard InChI is InChI=1S/C14H14ClN3O/c15-11-3-1-2-9(6-11)7-14(19)16-13-8-12(17-18-13)10-4-5-10/h1-3,6,8,10H,4-5,7H2,(H2,16,17,18,19). The minimum Gasteiger partial charge on any atom is -0.309 e. The van der Waals surface area contributed by atoms with Crippen molar-refractivity contribution in [1.29, 1.82) is 0 Å². The van der Waals surface area contributed by atoms with Crippen LogP contribution in [0.25, 0.3) is 0 Å². The van der Waals surface area contributed by atoms with Crippen LogP contribution < -0.4 is 5.32 Å². The van der Waals surface area contributed by atoms with Crippen LogP contribution in [0.5, 0.6) is 0 Å². The molecule has 1 aromatic heterocycles. The topological polar surface area (TPSA) is 57.8 Å². The number of carbonyl (C=O) groups excluding carboxylic acids is 1. The van der Waals surface area contributed by atoms with Crippen LogP contribution in [0.2, 0.25) is 5.02 Å². The Balaban J connectivity index is 1.61. The van der Waals surface area contributed by atoms with E-state index in [-0.39, 0.29) is 5.91 Å². The smallest absolute Gasteiger partial charge is 0.229 e. The zero-order chi connectivity index (χ0) is 13.2. The summed E-state index contributed by atoms with van der Waals surface area (Å²) in [6.07, 6.45) is 2.71. The summed E-state index contributed by atoms with van der Waals surface area (Å²) in [5.41, 5.74) is 2.00. The first-order valence-corrected chi connectivity index (χ1v) is 6.68. The summed E-state index contributed by atoms with van der Waals surface area (Å²) < 4.78 is 0. The van der Waals surface area contributed by atoms with Crippen molar-refractivity contribution < 1.29 is 4.79 Å². The minimum absolute atomic E-state index is 0.0869. The number of amides is 1. The molecule has 1 aliphatic carbocycles. The van der Waals surface area contributed by atoms with E-state index in [1.807, 2.05) is 18.2 Å². The monoisotopic (exact) mass is 275 g/mol. The number of aromatic amines is 1. The van der Waals surface area contributed by atoms with Crippen LogP contribution in [0.3, 0.4) is 0 Å². The lowest BCUT2D eigenvalue weighted by Gasteiger charge is -2.02. The Morgan fingerprint density at radius 1 is 1.42 bits per heavy atom. The molecule has 1 aromatic carbocycles. The molecule has 1 aliphatic rings. The number of halogens is 1. The van der Waals surface area contributed by atoms with Gasteiger partial charge < -0.3 is 5.32 Å². The van der Waals surface area contributed by atoms with Gasteiger partial charge in [-0.25, -0.2) is 0 Å². The van der Waals surface area contributed by atoms with Crippen molar-refractivity contribution in [3.05, 3.63) is 46.6 Å². The minimum atomic E-state index is -0.0869. The third kappa shape index (κ3) is 3.15. The lowest BCUT2D eigenvalue weighted by Crippen LogP contribution is -2.14. The molecule has 0 aliphatic heterocycles. The second-order valence-electron chi connectivity index (χ2n) is 4.84. The van der Waals surface area contributed by atoms with Crippen LogP contribution in [0.15, 0.2) is 30.3 Å². The molecule has 0 unspecified atom stereocenters. The molecule has 0 saturated heterocycles. The number of rotatable bonds is 4. The normalized spacial score (nSPS) is 14.4. The van der Waals surface area contributed by atoms with Gasteiger partial charge in [-0.15, -0.1) is 0 Å². The van der Waals surface area contributed by atoms with Crippen LogP contribution in [0, 0.1) is 0 Å². The van der Waals surface area contributed by atoms with E-state index >= 15 is 0 Å². The molecule has 1 amide bonds. The Bertz CT molecular complexity index is 604. The molecular weight excluding hydrogens is 262 g/mol. The van der Waals surface area contributed by atoms with E-state index in [4.69, 9.17) is 11.6 Å². The van der Waals surface area contributed by atoms with Gasteiger partial charge in [0, 0.05) is 22.7 Å². The molecule has 4 nitrogen and oxygen atoms in total. The van der Waals surface area contributed by atoms with Gasteiger partial charge in [0.15, 0.2) is 5.82 Å². The Labute approximate surface area is 116 Å². The maximum atomic E-state index is 11.9. The highest BCUT2D eigenvalue weighted by Crippen LogP contribution is 2.39. The fraction of sp³-hybridized carbons (Fsp3) is 0.286. The van der Waals surface area contributed by atoms with Crippen LogP contribution in [-0.4, -0.2) is 16.1 Å². The molecule has 19 heavy (non-hydrogen) atoms. The first-order chi connectivity index (χ1) is 9.20. The summed E-state index contributed by atoms with van der Waals surface area (Å²) in [5, 5.41) is 10.5. The van der Waals surface area contributed by atoms with E-state index in [1.54, 1.807) is 12.1 Å². The summed E-state index contributed by atoms with van der Waals surface area (Å²) in [6.45, 7) is 0. The number of nitrogens with one attached hydrogen (secondary N) is 2. The van der Waals surface area contributed by atoms with E-state index < -0.39 is 0 Å². The lowest BCUT2D eigenvalue weighted by atomic mass is 10.1.